The van der Waals surface area contributed by atoms with Gasteiger partial charge in [0.05, 0.1) is 7.11 Å². The predicted molar refractivity (Wildman–Crippen MR) is 72.2 cm³/mol. The van der Waals surface area contributed by atoms with Gasteiger partial charge in [-0.15, -0.1) is 0 Å². The SMILES string of the molecule is COC(=O)CCC/C=C(\C)C[C@H]1CCCC1CO. The van der Waals surface area contributed by atoms with Crippen LogP contribution in [0.5, 0.6) is 0 Å². The largest absolute Gasteiger partial charge is 0.469 e. The molecule has 3 heteroatoms. The maximum atomic E-state index is 10.9. The molecule has 18 heavy (non-hydrogen) atoms. The number of unbranched alkanes of at least 4 members (excludes halogenated alkanes) is 1. The van der Waals surface area contributed by atoms with Crippen molar-refractivity contribution < 1.29 is 14.6 Å². The van der Waals surface area contributed by atoms with E-state index >= 15 is 0 Å². The molecule has 2 atom stereocenters. The van der Waals surface area contributed by atoms with Crippen LogP contribution in [0.1, 0.15) is 51.9 Å². The zero-order valence-electron chi connectivity index (χ0n) is 11.7. The van der Waals surface area contributed by atoms with Crippen molar-refractivity contribution in [2.45, 2.75) is 51.9 Å². The third-order valence-electron chi connectivity index (χ3n) is 3.94. The number of carbonyl (C=O) groups excluding carboxylic acids is 1. The summed E-state index contributed by atoms with van der Waals surface area (Å²) < 4.78 is 4.61. The Morgan fingerprint density at radius 2 is 2.11 bits per heavy atom. The van der Waals surface area contributed by atoms with Crippen LogP contribution >= 0.6 is 0 Å². The normalized spacial score (nSPS) is 24.3. The van der Waals surface area contributed by atoms with Crippen LogP contribution in [0.15, 0.2) is 11.6 Å². The number of allylic oxidation sites excluding steroid dienone is 2. The van der Waals surface area contributed by atoms with Gasteiger partial charge in [0, 0.05) is 13.0 Å². The molecular weight excluding hydrogens is 228 g/mol. The lowest BCUT2D eigenvalue weighted by Gasteiger charge is -2.17. The zero-order chi connectivity index (χ0) is 13.4. The summed E-state index contributed by atoms with van der Waals surface area (Å²) in [4.78, 5) is 10.9. The molecule has 0 saturated heterocycles. The predicted octanol–water partition coefficient (Wildman–Crippen LogP) is 3.07. The Balaban J connectivity index is 2.23. The molecule has 104 valence electrons. The highest BCUT2D eigenvalue weighted by Crippen LogP contribution is 2.35. The average Bonchev–Trinajstić information content (AvgIpc) is 2.81. The van der Waals surface area contributed by atoms with Crippen molar-refractivity contribution >= 4 is 5.97 Å². The Hall–Kier alpha value is -0.830. The van der Waals surface area contributed by atoms with Gasteiger partial charge in [0.15, 0.2) is 0 Å². The minimum absolute atomic E-state index is 0.128. The topological polar surface area (TPSA) is 46.5 Å². The van der Waals surface area contributed by atoms with Crippen LogP contribution in [0.25, 0.3) is 0 Å². The smallest absolute Gasteiger partial charge is 0.305 e. The minimum Gasteiger partial charge on any atom is -0.469 e. The molecule has 0 radical (unpaired) electrons. The van der Waals surface area contributed by atoms with Gasteiger partial charge in [0.25, 0.3) is 0 Å². The molecular formula is C15H26O3. The first kappa shape index (κ1) is 15.2. The molecule has 0 spiro atoms. The van der Waals surface area contributed by atoms with Gasteiger partial charge in [-0.05, 0) is 50.9 Å². The highest BCUT2D eigenvalue weighted by molar-refractivity contribution is 5.69. The molecule has 3 nitrogen and oxygen atoms in total. The monoisotopic (exact) mass is 254 g/mol. The third kappa shape index (κ3) is 5.21. The summed E-state index contributed by atoms with van der Waals surface area (Å²) in [6.45, 7) is 2.49. The number of carbonyl (C=O) groups is 1. The van der Waals surface area contributed by atoms with Crippen LogP contribution in [-0.4, -0.2) is 24.8 Å². The number of methoxy groups -OCH3 is 1. The van der Waals surface area contributed by atoms with Crippen molar-refractivity contribution in [3.63, 3.8) is 0 Å². The number of hydrogen-bond acceptors (Lipinski definition) is 3. The van der Waals surface area contributed by atoms with Gasteiger partial charge in [-0.1, -0.05) is 18.1 Å². The Labute approximate surface area is 110 Å². The summed E-state index contributed by atoms with van der Waals surface area (Å²) in [7, 11) is 1.43. The van der Waals surface area contributed by atoms with E-state index < -0.39 is 0 Å². The van der Waals surface area contributed by atoms with Crippen molar-refractivity contribution in [3.8, 4) is 0 Å². The molecule has 1 N–H and O–H groups in total. The maximum absolute atomic E-state index is 10.9. The maximum Gasteiger partial charge on any atom is 0.305 e. The van der Waals surface area contributed by atoms with E-state index in [2.05, 4.69) is 17.7 Å². The zero-order valence-corrected chi connectivity index (χ0v) is 11.7. The van der Waals surface area contributed by atoms with Crippen LogP contribution in [-0.2, 0) is 9.53 Å². The Kier molecular flexibility index (Phi) is 7.02. The molecule has 0 heterocycles. The highest BCUT2D eigenvalue weighted by atomic mass is 16.5. The Bertz CT molecular complexity index is 283. The van der Waals surface area contributed by atoms with E-state index in [4.69, 9.17) is 0 Å². The summed E-state index contributed by atoms with van der Waals surface area (Å²) in [5, 5.41) is 9.28. The van der Waals surface area contributed by atoms with Gasteiger partial charge in [0.1, 0.15) is 0 Å². The second-order valence-electron chi connectivity index (χ2n) is 5.36. The summed E-state index contributed by atoms with van der Waals surface area (Å²) in [6, 6.07) is 0. The molecule has 1 fully saturated rings. The van der Waals surface area contributed by atoms with Crippen molar-refractivity contribution in [1.29, 1.82) is 0 Å². The average molecular weight is 254 g/mol. The Morgan fingerprint density at radius 3 is 2.78 bits per heavy atom. The number of esters is 1. The fourth-order valence-corrected chi connectivity index (χ4v) is 2.82. The van der Waals surface area contributed by atoms with E-state index in [0.717, 1.165) is 19.3 Å². The number of rotatable bonds is 7. The van der Waals surface area contributed by atoms with Crippen molar-refractivity contribution in [2.24, 2.45) is 11.8 Å². The van der Waals surface area contributed by atoms with Crippen molar-refractivity contribution in [3.05, 3.63) is 11.6 Å². The quantitative estimate of drug-likeness (QED) is 0.431. The standard InChI is InChI=1S/C15H26O3/c1-12(6-3-4-9-15(17)18-2)10-13-7-5-8-14(13)11-16/h6,13-14,16H,3-5,7-11H2,1-2H3/b12-6+/t13-,14?/m1/s1. The molecule has 1 aliphatic rings. The summed E-state index contributed by atoms with van der Waals surface area (Å²) in [5.41, 5.74) is 1.39. The molecule has 1 unspecified atom stereocenters. The van der Waals surface area contributed by atoms with Crippen LogP contribution < -0.4 is 0 Å². The van der Waals surface area contributed by atoms with Gasteiger partial charge >= 0.3 is 5.97 Å². The van der Waals surface area contributed by atoms with Crippen LogP contribution in [0.3, 0.4) is 0 Å². The molecule has 0 aliphatic heterocycles. The summed E-state index contributed by atoms with van der Waals surface area (Å²) >= 11 is 0. The van der Waals surface area contributed by atoms with Gasteiger partial charge in [-0.2, -0.15) is 0 Å². The van der Waals surface area contributed by atoms with Gasteiger partial charge in [0.2, 0.25) is 0 Å². The number of aliphatic hydroxyl groups excluding tert-OH is 1. The molecule has 1 saturated carbocycles. The van der Waals surface area contributed by atoms with Crippen LogP contribution in [0.2, 0.25) is 0 Å². The summed E-state index contributed by atoms with van der Waals surface area (Å²) in [5.74, 6) is 1.03. The first-order valence-corrected chi connectivity index (χ1v) is 7.00. The van der Waals surface area contributed by atoms with Crippen LogP contribution in [0, 0.1) is 11.8 Å². The Morgan fingerprint density at radius 1 is 1.39 bits per heavy atom. The van der Waals surface area contributed by atoms with E-state index in [-0.39, 0.29) is 5.97 Å². The summed E-state index contributed by atoms with van der Waals surface area (Å²) in [6.07, 6.45) is 9.32. The van der Waals surface area contributed by atoms with Crippen molar-refractivity contribution in [1.82, 2.24) is 0 Å². The van der Waals surface area contributed by atoms with E-state index in [9.17, 15) is 9.90 Å². The molecule has 1 aliphatic carbocycles. The lowest BCUT2D eigenvalue weighted by Crippen LogP contribution is -2.12. The number of hydrogen-bond donors (Lipinski definition) is 1. The van der Waals surface area contributed by atoms with E-state index in [0.29, 0.717) is 24.9 Å². The van der Waals surface area contributed by atoms with Crippen LogP contribution in [0.4, 0.5) is 0 Å². The minimum atomic E-state index is -0.128. The van der Waals surface area contributed by atoms with E-state index in [1.807, 2.05) is 0 Å². The lowest BCUT2D eigenvalue weighted by atomic mass is 9.90. The van der Waals surface area contributed by atoms with Crippen molar-refractivity contribution in [2.75, 3.05) is 13.7 Å². The number of aliphatic hydroxyl groups is 1. The number of ether oxygens (including phenoxy) is 1. The van der Waals surface area contributed by atoms with Gasteiger partial charge in [-0.25, -0.2) is 0 Å². The fraction of sp³-hybridized carbons (Fsp3) is 0.800. The van der Waals surface area contributed by atoms with E-state index in [1.165, 1.54) is 31.9 Å². The third-order valence-corrected chi connectivity index (χ3v) is 3.94. The van der Waals surface area contributed by atoms with Gasteiger partial charge in [-0.3, -0.25) is 4.79 Å². The second-order valence-corrected chi connectivity index (χ2v) is 5.36. The molecule has 0 aromatic heterocycles. The molecule has 0 amide bonds. The first-order chi connectivity index (χ1) is 8.67. The molecule has 0 bridgehead atoms. The fourth-order valence-electron chi connectivity index (χ4n) is 2.82. The highest BCUT2D eigenvalue weighted by Gasteiger charge is 2.26. The lowest BCUT2D eigenvalue weighted by molar-refractivity contribution is -0.140. The molecule has 0 aromatic carbocycles. The second kappa shape index (κ2) is 8.30. The molecule has 1 rings (SSSR count). The first-order valence-electron chi connectivity index (χ1n) is 7.00. The van der Waals surface area contributed by atoms with Gasteiger partial charge < -0.3 is 9.84 Å². The van der Waals surface area contributed by atoms with E-state index in [1.54, 1.807) is 0 Å². The molecule has 0 aromatic rings.